The summed E-state index contributed by atoms with van der Waals surface area (Å²) < 4.78 is 0. The second-order valence-corrected chi connectivity index (χ2v) is 3.57. The van der Waals surface area contributed by atoms with Crippen LogP contribution in [0.5, 0.6) is 0 Å². The number of hydroxylamine groups is 1. The molecule has 4 N–H and O–H groups in total. The minimum atomic E-state index is -1.01. The zero-order chi connectivity index (χ0) is 11.6. The van der Waals surface area contributed by atoms with E-state index in [-0.39, 0.29) is 18.1 Å². The van der Waals surface area contributed by atoms with Crippen LogP contribution in [0.15, 0.2) is 11.8 Å². The first-order valence-electron chi connectivity index (χ1n) is 4.53. The molecular formula is C9H14N2O4. The van der Waals surface area contributed by atoms with Gasteiger partial charge in [0.25, 0.3) is 0 Å². The molecule has 0 aromatic carbocycles. The highest BCUT2D eigenvalue weighted by atomic mass is 16.7. The zero-order valence-corrected chi connectivity index (χ0v) is 8.61. The fourth-order valence-electron chi connectivity index (χ4n) is 1.33. The van der Waals surface area contributed by atoms with E-state index in [1.54, 1.807) is 0 Å². The Balaban J connectivity index is 2.99. The summed E-state index contributed by atoms with van der Waals surface area (Å²) in [5, 5.41) is 8.90. The number of nitrogens with one attached hydrogen (secondary N) is 1. The topological polar surface area (TPSA) is 102 Å². The summed E-state index contributed by atoms with van der Waals surface area (Å²) in [6, 6.07) is 0. The molecule has 0 aliphatic carbocycles. The number of hydrogen-bond acceptors (Lipinski definition) is 5. The first kappa shape index (κ1) is 11.7. The average Bonchev–Trinajstić information content (AvgIpc) is 2.62. The second-order valence-electron chi connectivity index (χ2n) is 3.57. The van der Waals surface area contributed by atoms with Crippen molar-refractivity contribution in [2.45, 2.75) is 19.4 Å². The summed E-state index contributed by atoms with van der Waals surface area (Å²) in [6.45, 7) is 2.88. The van der Waals surface area contributed by atoms with Gasteiger partial charge in [-0.15, -0.1) is 5.48 Å². The van der Waals surface area contributed by atoms with Gasteiger partial charge in [0.15, 0.2) is 11.5 Å². The van der Waals surface area contributed by atoms with Crippen LogP contribution >= 0.6 is 0 Å². The highest BCUT2D eigenvalue weighted by Gasteiger charge is 2.43. The Morgan fingerprint density at radius 2 is 2.33 bits per heavy atom. The largest absolute Gasteiger partial charge is 0.481 e. The van der Waals surface area contributed by atoms with E-state index in [0.717, 1.165) is 0 Å². The number of allylic oxidation sites excluding steroid dienone is 1. The highest BCUT2D eigenvalue weighted by Crippen LogP contribution is 2.26. The van der Waals surface area contributed by atoms with Gasteiger partial charge in [-0.05, 0) is 13.0 Å². The Morgan fingerprint density at radius 3 is 2.67 bits per heavy atom. The van der Waals surface area contributed by atoms with Gasteiger partial charge in [0.2, 0.25) is 0 Å². The molecule has 2 unspecified atom stereocenters. The van der Waals surface area contributed by atoms with Crippen LogP contribution in [-0.4, -0.2) is 28.9 Å². The summed E-state index contributed by atoms with van der Waals surface area (Å²) in [4.78, 5) is 26.8. The highest BCUT2D eigenvalue weighted by molar-refractivity contribution is 5.92. The summed E-state index contributed by atoms with van der Waals surface area (Å²) in [5.41, 5.74) is 7.01. The molecule has 0 saturated carbocycles. The van der Waals surface area contributed by atoms with Gasteiger partial charge in [0.05, 0.1) is 5.92 Å². The molecule has 0 radical (unpaired) electrons. The fourth-order valence-corrected chi connectivity index (χ4v) is 1.33. The van der Waals surface area contributed by atoms with Crippen LogP contribution in [0.4, 0.5) is 0 Å². The van der Waals surface area contributed by atoms with Gasteiger partial charge in [0.1, 0.15) is 5.54 Å². The van der Waals surface area contributed by atoms with Crippen LogP contribution in [0.2, 0.25) is 0 Å². The third kappa shape index (κ3) is 2.00. The van der Waals surface area contributed by atoms with Gasteiger partial charge in [-0.1, -0.05) is 0 Å². The minimum absolute atomic E-state index is 0.0389. The zero-order valence-electron chi connectivity index (χ0n) is 8.61. The molecular weight excluding hydrogens is 200 g/mol. The molecule has 1 aliphatic rings. The van der Waals surface area contributed by atoms with Crippen molar-refractivity contribution in [3.05, 3.63) is 11.8 Å². The van der Waals surface area contributed by atoms with E-state index in [4.69, 9.17) is 15.7 Å². The van der Waals surface area contributed by atoms with Crippen molar-refractivity contribution < 1.29 is 19.5 Å². The summed E-state index contributed by atoms with van der Waals surface area (Å²) in [6.07, 6.45) is 1.44. The van der Waals surface area contributed by atoms with Crippen molar-refractivity contribution in [2.75, 3.05) is 6.54 Å². The minimum Gasteiger partial charge on any atom is -0.481 e. The van der Waals surface area contributed by atoms with E-state index < -0.39 is 17.4 Å². The number of Topliss-reactive ketones (excluding diaryl/α,β-unsaturated/α-hetero) is 1. The monoisotopic (exact) mass is 214 g/mol. The lowest BCUT2D eigenvalue weighted by Crippen LogP contribution is -2.53. The summed E-state index contributed by atoms with van der Waals surface area (Å²) in [7, 11) is 0. The van der Waals surface area contributed by atoms with Gasteiger partial charge in [0, 0.05) is 13.5 Å². The molecule has 1 aliphatic heterocycles. The number of carbonyl (C=O) groups is 2. The predicted octanol–water partition coefficient (Wildman–Crippen LogP) is -0.588. The Morgan fingerprint density at radius 1 is 1.73 bits per heavy atom. The number of carboxylic acid groups (broad SMARTS) is 1. The van der Waals surface area contributed by atoms with E-state index in [0.29, 0.717) is 0 Å². The smallest absolute Gasteiger partial charge is 0.308 e. The Bertz CT molecular complexity index is 326. The van der Waals surface area contributed by atoms with Crippen molar-refractivity contribution in [1.82, 2.24) is 5.48 Å². The number of hydrogen-bond donors (Lipinski definition) is 3. The number of carboxylic acids is 1. The molecule has 0 aromatic rings. The van der Waals surface area contributed by atoms with Gasteiger partial charge < -0.3 is 15.7 Å². The third-order valence-corrected chi connectivity index (χ3v) is 2.57. The van der Waals surface area contributed by atoms with Gasteiger partial charge >= 0.3 is 5.97 Å². The SMILES string of the molecule is CC(=O)C1=CC(CN)(C(C)C(=O)O)NO1. The predicted molar refractivity (Wildman–Crippen MR) is 51.6 cm³/mol. The van der Waals surface area contributed by atoms with Crippen molar-refractivity contribution >= 4 is 11.8 Å². The van der Waals surface area contributed by atoms with Crippen molar-refractivity contribution in [3.63, 3.8) is 0 Å². The average molecular weight is 214 g/mol. The molecule has 1 heterocycles. The Labute approximate surface area is 87.0 Å². The molecule has 0 aromatic heterocycles. The molecule has 0 fully saturated rings. The fraction of sp³-hybridized carbons (Fsp3) is 0.556. The molecule has 0 amide bonds. The first-order chi connectivity index (χ1) is 6.93. The van der Waals surface area contributed by atoms with Gasteiger partial charge in [-0.25, -0.2) is 0 Å². The molecule has 1 rings (SSSR count). The molecule has 2 atom stereocenters. The Hall–Kier alpha value is -1.40. The molecule has 0 bridgehead atoms. The third-order valence-electron chi connectivity index (χ3n) is 2.57. The van der Waals surface area contributed by atoms with Crippen molar-refractivity contribution in [2.24, 2.45) is 11.7 Å². The number of nitrogens with two attached hydrogens (primary N) is 1. The van der Waals surface area contributed by atoms with Crippen LogP contribution in [0.3, 0.4) is 0 Å². The van der Waals surface area contributed by atoms with Gasteiger partial charge in [-0.3, -0.25) is 9.59 Å². The van der Waals surface area contributed by atoms with E-state index in [2.05, 4.69) is 5.48 Å². The molecule has 0 saturated heterocycles. The van der Waals surface area contributed by atoms with Gasteiger partial charge in [-0.2, -0.15) is 0 Å². The number of rotatable bonds is 4. The van der Waals surface area contributed by atoms with Crippen LogP contribution in [0.25, 0.3) is 0 Å². The van der Waals surface area contributed by atoms with E-state index in [1.807, 2.05) is 0 Å². The maximum atomic E-state index is 11.0. The lowest BCUT2D eigenvalue weighted by Gasteiger charge is -2.27. The van der Waals surface area contributed by atoms with E-state index in [1.165, 1.54) is 19.9 Å². The maximum absolute atomic E-state index is 11.0. The van der Waals surface area contributed by atoms with Crippen molar-refractivity contribution in [1.29, 1.82) is 0 Å². The number of carbonyl (C=O) groups excluding carboxylic acids is 1. The standard InChI is InChI=1S/C9H14N2O4/c1-5(8(13)14)9(4-10)3-7(6(2)12)15-11-9/h3,5,11H,4,10H2,1-2H3,(H,13,14). The first-order valence-corrected chi connectivity index (χ1v) is 4.53. The molecule has 0 spiro atoms. The maximum Gasteiger partial charge on any atom is 0.308 e. The molecule has 6 heteroatoms. The van der Waals surface area contributed by atoms with Crippen LogP contribution in [-0.2, 0) is 14.4 Å². The van der Waals surface area contributed by atoms with Crippen LogP contribution < -0.4 is 11.2 Å². The van der Waals surface area contributed by atoms with Crippen LogP contribution in [0, 0.1) is 5.92 Å². The Kier molecular flexibility index (Phi) is 3.11. The van der Waals surface area contributed by atoms with Crippen molar-refractivity contribution in [3.8, 4) is 0 Å². The second kappa shape index (κ2) is 4.00. The summed E-state index contributed by atoms with van der Waals surface area (Å²) >= 11 is 0. The van der Waals surface area contributed by atoms with Crippen LogP contribution in [0.1, 0.15) is 13.8 Å². The lowest BCUT2D eigenvalue weighted by molar-refractivity contribution is -0.144. The van der Waals surface area contributed by atoms with E-state index >= 15 is 0 Å². The lowest BCUT2D eigenvalue weighted by atomic mass is 9.85. The summed E-state index contributed by atoms with van der Waals surface area (Å²) in [5.74, 6) is -1.94. The van der Waals surface area contributed by atoms with E-state index in [9.17, 15) is 9.59 Å². The quantitative estimate of drug-likeness (QED) is 0.578. The number of ketones is 1. The molecule has 6 nitrogen and oxygen atoms in total. The normalized spacial score (nSPS) is 26.7. The molecule has 84 valence electrons. The molecule has 15 heavy (non-hydrogen) atoms. The number of aliphatic carboxylic acids is 1.